The van der Waals surface area contributed by atoms with Crippen LogP contribution in [0.5, 0.6) is 5.88 Å². The van der Waals surface area contributed by atoms with Gasteiger partial charge in [0.15, 0.2) is 0 Å². The normalized spacial score (nSPS) is 12.2. The molecule has 0 aliphatic carbocycles. The molecule has 0 fully saturated rings. The summed E-state index contributed by atoms with van der Waals surface area (Å²) in [5.41, 5.74) is 3.59. The Morgan fingerprint density at radius 3 is 2.53 bits per heavy atom. The molecule has 3 nitrogen and oxygen atoms in total. The Kier molecular flexibility index (Phi) is 4.53. The van der Waals surface area contributed by atoms with Gasteiger partial charge in [-0.25, -0.2) is 4.98 Å². The van der Waals surface area contributed by atoms with Crippen molar-refractivity contribution in [3.8, 4) is 17.0 Å². The molecule has 1 N–H and O–H groups in total. The molecule has 3 heteroatoms. The van der Waals surface area contributed by atoms with Gasteiger partial charge in [0, 0.05) is 18.3 Å². The van der Waals surface area contributed by atoms with E-state index in [1.54, 1.807) is 13.3 Å². The minimum Gasteiger partial charge on any atom is -0.481 e. The van der Waals surface area contributed by atoms with Crippen LogP contribution in [0.15, 0.2) is 42.6 Å². The summed E-state index contributed by atoms with van der Waals surface area (Å²) >= 11 is 0. The van der Waals surface area contributed by atoms with Crippen molar-refractivity contribution in [2.45, 2.75) is 19.9 Å². The van der Waals surface area contributed by atoms with Gasteiger partial charge in [0.2, 0.25) is 5.88 Å². The minimum atomic E-state index is 0.381. The highest BCUT2D eigenvalue weighted by atomic mass is 16.5. The molecule has 1 aromatic heterocycles. The number of benzene rings is 1. The maximum atomic E-state index is 5.15. The maximum absolute atomic E-state index is 5.15. The fourth-order valence-electron chi connectivity index (χ4n) is 2.09. The van der Waals surface area contributed by atoms with Crippen molar-refractivity contribution in [1.82, 2.24) is 10.3 Å². The third-order valence-electron chi connectivity index (χ3n) is 3.20. The van der Waals surface area contributed by atoms with Crippen LogP contribution >= 0.6 is 0 Å². The van der Waals surface area contributed by atoms with Crippen LogP contribution in [0.2, 0.25) is 0 Å². The summed E-state index contributed by atoms with van der Waals surface area (Å²) in [5.74, 6) is 0.641. The van der Waals surface area contributed by atoms with Crippen molar-refractivity contribution in [1.29, 1.82) is 0 Å². The first-order valence-electron chi connectivity index (χ1n) is 6.58. The van der Waals surface area contributed by atoms with Crippen molar-refractivity contribution in [2.75, 3.05) is 13.7 Å². The molecule has 1 aromatic carbocycles. The van der Waals surface area contributed by atoms with Gasteiger partial charge < -0.3 is 10.1 Å². The van der Waals surface area contributed by atoms with Gasteiger partial charge in [0.05, 0.1) is 7.11 Å². The van der Waals surface area contributed by atoms with E-state index in [0.29, 0.717) is 11.9 Å². The molecule has 0 saturated heterocycles. The molecule has 2 rings (SSSR count). The minimum absolute atomic E-state index is 0.381. The molecular formula is C16H20N2O. The van der Waals surface area contributed by atoms with Gasteiger partial charge in [0.25, 0.3) is 0 Å². The van der Waals surface area contributed by atoms with E-state index in [9.17, 15) is 0 Å². The van der Waals surface area contributed by atoms with Crippen LogP contribution in [-0.4, -0.2) is 18.6 Å². The van der Waals surface area contributed by atoms with Gasteiger partial charge in [-0.15, -0.1) is 0 Å². The number of pyridine rings is 1. The summed E-state index contributed by atoms with van der Waals surface area (Å²) in [6.07, 6.45) is 1.77. The van der Waals surface area contributed by atoms with Gasteiger partial charge in [-0.1, -0.05) is 31.2 Å². The van der Waals surface area contributed by atoms with E-state index in [0.717, 1.165) is 12.1 Å². The van der Waals surface area contributed by atoms with Crippen molar-refractivity contribution in [2.24, 2.45) is 0 Å². The molecule has 0 amide bonds. The molecule has 19 heavy (non-hydrogen) atoms. The lowest BCUT2D eigenvalue weighted by Gasteiger charge is -2.13. The number of nitrogens with zero attached hydrogens (tertiary/aromatic N) is 1. The highest BCUT2D eigenvalue weighted by Crippen LogP contribution is 2.23. The molecule has 1 heterocycles. The first-order valence-corrected chi connectivity index (χ1v) is 6.58. The van der Waals surface area contributed by atoms with Crippen LogP contribution in [0, 0.1) is 0 Å². The van der Waals surface area contributed by atoms with E-state index in [2.05, 4.69) is 48.4 Å². The van der Waals surface area contributed by atoms with Gasteiger partial charge in [-0.05, 0) is 36.2 Å². The quantitative estimate of drug-likeness (QED) is 0.890. The van der Waals surface area contributed by atoms with Crippen molar-refractivity contribution in [3.05, 3.63) is 48.2 Å². The van der Waals surface area contributed by atoms with E-state index in [-0.39, 0.29) is 0 Å². The Morgan fingerprint density at radius 2 is 1.89 bits per heavy atom. The van der Waals surface area contributed by atoms with E-state index < -0.39 is 0 Å². The largest absolute Gasteiger partial charge is 0.481 e. The molecule has 1 atom stereocenters. The molecule has 0 bridgehead atoms. The van der Waals surface area contributed by atoms with E-state index >= 15 is 0 Å². The standard InChI is InChI=1S/C16H20N2O/c1-4-17-12(2)13-5-7-14(8-6-13)15-9-10-18-16(11-15)19-3/h5-12,17H,4H2,1-3H3. The molecule has 100 valence electrons. The highest BCUT2D eigenvalue weighted by Gasteiger charge is 2.05. The second-order valence-electron chi connectivity index (χ2n) is 4.49. The fourth-order valence-corrected chi connectivity index (χ4v) is 2.09. The Balaban J connectivity index is 2.22. The second-order valence-corrected chi connectivity index (χ2v) is 4.49. The van der Waals surface area contributed by atoms with Crippen LogP contribution in [-0.2, 0) is 0 Å². The monoisotopic (exact) mass is 256 g/mol. The van der Waals surface area contributed by atoms with Crippen LogP contribution < -0.4 is 10.1 Å². The SMILES string of the molecule is CCNC(C)c1ccc(-c2ccnc(OC)c2)cc1. The second kappa shape index (κ2) is 6.34. The first kappa shape index (κ1) is 13.6. The molecule has 1 unspecified atom stereocenters. The molecular weight excluding hydrogens is 236 g/mol. The molecule has 0 aliphatic rings. The molecule has 2 aromatic rings. The average molecular weight is 256 g/mol. The number of aromatic nitrogens is 1. The molecule has 0 aliphatic heterocycles. The first-order chi connectivity index (χ1) is 9.24. The van der Waals surface area contributed by atoms with Crippen LogP contribution in [0.1, 0.15) is 25.5 Å². The lowest BCUT2D eigenvalue weighted by atomic mass is 10.0. The van der Waals surface area contributed by atoms with Crippen LogP contribution in [0.25, 0.3) is 11.1 Å². The zero-order valence-electron chi connectivity index (χ0n) is 11.7. The summed E-state index contributed by atoms with van der Waals surface area (Å²) in [6, 6.07) is 12.9. The Labute approximate surface area is 114 Å². The molecule has 0 saturated carbocycles. The highest BCUT2D eigenvalue weighted by molar-refractivity contribution is 5.64. The van der Waals surface area contributed by atoms with Crippen LogP contribution in [0.4, 0.5) is 0 Å². The number of ether oxygens (including phenoxy) is 1. The number of methoxy groups -OCH3 is 1. The lowest BCUT2D eigenvalue weighted by molar-refractivity contribution is 0.398. The summed E-state index contributed by atoms with van der Waals surface area (Å²) in [5, 5.41) is 3.41. The zero-order chi connectivity index (χ0) is 13.7. The Morgan fingerprint density at radius 1 is 1.16 bits per heavy atom. The van der Waals surface area contributed by atoms with Crippen LogP contribution in [0.3, 0.4) is 0 Å². The van der Waals surface area contributed by atoms with E-state index in [1.165, 1.54) is 11.1 Å². The maximum Gasteiger partial charge on any atom is 0.213 e. The summed E-state index contributed by atoms with van der Waals surface area (Å²) in [6.45, 7) is 5.27. The number of hydrogen-bond donors (Lipinski definition) is 1. The topological polar surface area (TPSA) is 34.2 Å². The number of rotatable bonds is 5. The summed E-state index contributed by atoms with van der Waals surface area (Å²) in [7, 11) is 1.63. The van der Waals surface area contributed by atoms with Gasteiger partial charge in [0.1, 0.15) is 0 Å². The Bertz CT molecular complexity index is 523. The third kappa shape index (κ3) is 3.32. The predicted octanol–water partition coefficient (Wildman–Crippen LogP) is 3.43. The average Bonchev–Trinajstić information content (AvgIpc) is 2.48. The van der Waals surface area contributed by atoms with E-state index in [1.807, 2.05) is 12.1 Å². The smallest absolute Gasteiger partial charge is 0.213 e. The van der Waals surface area contributed by atoms with Gasteiger partial charge in [-0.2, -0.15) is 0 Å². The molecule has 0 radical (unpaired) electrons. The summed E-state index contributed by atoms with van der Waals surface area (Å²) in [4.78, 5) is 4.12. The van der Waals surface area contributed by atoms with Gasteiger partial charge >= 0.3 is 0 Å². The fraction of sp³-hybridized carbons (Fsp3) is 0.312. The third-order valence-corrected chi connectivity index (χ3v) is 3.20. The predicted molar refractivity (Wildman–Crippen MR) is 78.3 cm³/mol. The number of hydrogen-bond acceptors (Lipinski definition) is 3. The number of nitrogens with one attached hydrogen (secondary N) is 1. The zero-order valence-corrected chi connectivity index (χ0v) is 11.7. The lowest BCUT2D eigenvalue weighted by Crippen LogP contribution is -2.17. The Hall–Kier alpha value is -1.87. The van der Waals surface area contributed by atoms with E-state index in [4.69, 9.17) is 4.74 Å². The molecule has 0 spiro atoms. The van der Waals surface area contributed by atoms with Crippen molar-refractivity contribution >= 4 is 0 Å². The summed E-state index contributed by atoms with van der Waals surface area (Å²) < 4.78 is 5.15. The van der Waals surface area contributed by atoms with Crippen molar-refractivity contribution < 1.29 is 4.74 Å². The van der Waals surface area contributed by atoms with Crippen molar-refractivity contribution in [3.63, 3.8) is 0 Å². The van der Waals surface area contributed by atoms with Gasteiger partial charge in [-0.3, -0.25) is 0 Å².